The molecule has 0 radical (unpaired) electrons. The third kappa shape index (κ3) is 2.85. The Labute approximate surface area is 109 Å². The lowest BCUT2D eigenvalue weighted by atomic mass is 9.75. The normalized spacial score (nSPS) is 19.1. The minimum absolute atomic E-state index is 0.110. The Kier molecular flexibility index (Phi) is 4.25. The van der Waals surface area contributed by atoms with Gasteiger partial charge in [0.2, 0.25) is 0 Å². The maximum atomic E-state index is 10.3. The zero-order valence-corrected chi connectivity index (χ0v) is 11.2. The van der Waals surface area contributed by atoms with E-state index in [0.717, 1.165) is 24.2 Å². The number of rotatable bonds is 6. The highest BCUT2D eigenvalue weighted by Gasteiger charge is 2.39. The number of benzene rings is 1. The van der Waals surface area contributed by atoms with Crippen LogP contribution in [0.15, 0.2) is 24.3 Å². The van der Waals surface area contributed by atoms with E-state index < -0.39 is 6.10 Å². The molecule has 2 rings (SSSR count). The van der Waals surface area contributed by atoms with Crippen molar-refractivity contribution in [2.75, 3.05) is 13.7 Å². The maximum absolute atomic E-state index is 10.3. The SMILES string of the molecule is CCOc1cccc(C(O)CC2(OC)CCC2)c1. The van der Waals surface area contributed by atoms with E-state index in [2.05, 4.69) is 0 Å². The minimum Gasteiger partial charge on any atom is -0.494 e. The molecule has 1 atom stereocenters. The molecule has 0 aromatic heterocycles. The second-order valence-corrected chi connectivity index (χ2v) is 4.97. The van der Waals surface area contributed by atoms with Crippen LogP contribution in [-0.2, 0) is 4.74 Å². The smallest absolute Gasteiger partial charge is 0.119 e. The van der Waals surface area contributed by atoms with Crippen LogP contribution in [0.5, 0.6) is 5.75 Å². The van der Waals surface area contributed by atoms with Gasteiger partial charge >= 0.3 is 0 Å². The van der Waals surface area contributed by atoms with Crippen LogP contribution >= 0.6 is 0 Å². The largest absolute Gasteiger partial charge is 0.494 e. The van der Waals surface area contributed by atoms with Crippen molar-refractivity contribution in [3.63, 3.8) is 0 Å². The molecule has 1 fully saturated rings. The lowest BCUT2D eigenvalue weighted by Gasteiger charge is -2.41. The van der Waals surface area contributed by atoms with Gasteiger partial charge in [-0.3, -0.25) is 0 Å². The molecule has 1 aromatic carbocycles. The second-order valence-electron chi connectivity index (χ2n) is 4.97. The Bertz CT molecular complexity index is 380. The van der Waals surface area contributed by atoms with Crippen LogP contribution in [0, 0.1) is 0 Å². The Morgan fingerprint density at radius 1 is 1.39 bits per heavy atom. The summed E-state index contributed by atoms with van der Waals surface area (Å²) in [5.41, 5.74) is 0.797. The zero-order valence-electron chi connectivity index (χ0n) is 11.2. The highest BCUT2D eigenvalue weighted by Crippen LogP contribution is 2.42. The van der Waals surface area contributed by atoms with E-state index in [1.807, 2.05) is 31.2 Å². The molecule has 100 valence electrons. The number of aliphatic hydroxyl groups is 1. The molecule has 1 aromatic rings. The number of aliphatic hydroxyl groups excluding tert-OH is 1. The number of methoxy groups -OCH3 is 1. The molecular weight excluding hydrogens is 228 g/mol. The number of hydrogen-bond donors (Lipinski definition) is 1. The first-order chi connectivity index (χ1) is 8.69. The Hall–Kier alpha value is -1.06. The van der Waals surface area contributed by atoms with Crippen molar-refractivity contribution in [3.8, 4) is 5.75 Å². The first-order valence-corrected chi connectivity index (χ1v) is 6.65. The third-order valence-corrected chi connectivity index (χ3v) is 3.82. The van der Waals surface area contributed by atoms with Gasteiger partial charge in [0.05, 0.1) is 18.3 Å². The average Bonchev–Trinajstić information content (AvgIpc) is 2.34. The molecule has 18 heavy (non-hydrogen) atoms. The predicted molar refractivity (Wildman–Crippen MR) is 70.8 cm³/mol. The minimum atomic E-state index is -0.481. The molecule has 1 aliphatic rings. The molecule has 0 heterocycles. The van der Waals surface area contributed by atoms with Crippen molar-refractivity contribution >= 4 is 0 Å². The van der Waals surface area contributed by atoms with Crippen molar-refractivity contribution in [2.45, 2.75) is 44.3 Å². The average molecular weight is 250 g/mol. The summed E-state index contributed by atoms with van der Waals surface area (Å²) in [5, 5.41) is 10.3. The molecule has 0 aliphatic heterocycles. The van der Waals surface area contributed by atoms with Gasteiger partial charge in [-0.25, -0.2) is 0 Å². The van der Waals surface area contributed by atoms with Crippen molar-refractivity contribution in [3.05, 3.63) is 29.8 Å². The van der Waals surface area contributed by atoms with Gasteiger partial charge in [-0.05, 0) is 43.9 Å². The second kappa shape index (κ2) is 5.72. The molecule has 1 unspecified atom stereocenters. The van der Waals surface area contributed by atoms with Gasteiger partial charge in [0.1, 0.15) is 5.75 Å². The Morgan fingerprint density at radius 3 is 2.72 bits per heavy atom. The van der Waals surface area contributed by atoms with Gasteiger partial charge in [0, 0.05) is 13.5 Å². The van der Waals surface area contributed by atoms with Crippen LogP contribution in [0.4, 0.5) is 0 Å². The third-order valence-electron chi connectivity index (χ3n) is 3.82. The number of hydrogen-bond acceptors (Lipinski definition) is 3. The van der Waals surface area contributed by atoms with Crippen LogP contribution in [0.1, 0.15) is 44.3 Å². The van der Waals surface area contributed by atoms with Gasteiger partial charge in [-0.1, -0.05) is 12.1 Å². The summed E-state index contributed by atoms with van der Waals surface area (Å²) in [6.45, 7) is 2.60. The summed E-state index contributed by atoms with van der Waals surface area (Å²) in [6.07, 6.45) is 3.47. The van der Waals surface area contributed by atoms with Gasteiger partial charge in [0.15, 0.2) is 0 Å². The molecule has 0 spiro atoms. The molecule has 0 saturated heterocycles. The quantitative estimate of drug-likeness (QED) is 0.843. The van der Waals surface area contributed by atoms with E-state index in [-0.39, 0.29) is 5.60 Å². The lowest BCUT2D eigenvalue weighted by Crippen LogP contribution is -2.40. The topological polar surface area (TPSA) is 38.7 Å². The predicted octanol–water partition coefficient (Wildman–Crippen LogP) is 3.08. The fourth-order valence-corrected chi connectivity index (χ4v) is 2.51. The van der Waals surface area contributed by atoms with Crippen molar-refractivity contribution in [1.82, 2.24) is 0 Å². The van der Waals surface area contributed by atoms with Crippen LogP contribution in [-0.4, -0.2) is 24.4 Å². The highest BCUT2D eigenvalue weighted by molar-refractivity contribution is 5.30. The van der Waals surface area contributed by atoms with Crippen molar-refractivity contribution in [2.24, 2.45) is 0 Å². The first kappa shape index (κ1) is 13.4. The van der Waals surface area contributed by atoms with Gasteiger partial charge < -0.3 is 14.6 Å². The van der Waals surface area contributed by atoms with Gasteiger partial charge in [-0.2, -0.15) is 0 Å². The van der Waals surface area contributed by atoms with Crippen LogP contribution in [0.25, 0.3) is 0 Å². The van der Waals surface area contributed by atoms with Crippen LogP contribution in [0.3, 0.4) is 0 Å². The standard InChI is InChI=1S/C15H22O3/c1-3-18-13-7-4-6-12(10-13)14(16)11-15(17-2)8-5-9-15/h4,6-7,10,14,16H,3,5,8-9,11H2,1-2H3. The summed E-state index contributed by atoms with van der Waals surface area (Å²) in [4.78, 5) is 0. The van der Waals surface area contributed by atoms with E-state index in [0.29, 0.717) is 13.0 Å². The number of ether oxygens (including phenoxy) is 2. The van der Waals surface area contributed by atoms with Gasteiger partial charge in [-0.15, -0.1) is 0 Å². The fraction of sp³-hybridized carbons (Fsp3) is 0.600. The maximum Gasteiger partial charge on any atom is 0.119 e. The fourth-order valence-electron chi connectivity index (χ4n) is 2.51. The van der Waals surface area contributed by atoms with Crippen molar-refractivity contribution in [1.29, 1.82) is 0 Å². The van der Waals surface area contributed by atoms with E-state index >= 15 is 0 Å². The van der Waals surface area contributed by atoms with E-state index in [4.69, 9.17) is 9.47 Å². The molecule has 1 N–H and O–H groups in total. The first-order valence-electron chi connectivity index (χ1n) is 6.65. The zero-order chi connectivity index (χ0) is 13.0. The van der Waals surface area contributed by atoms with Crippen LogP contribution < -0.4 is 4.74 Å². The molecule has 0 bridgehead atoms. The summed E-state index contributed by atoms with van der Waals surface area (Å²) < 4.78 is 11.0. The molecule has 0 amide bonds. The Balaban J connectivity index is 2.03. The summed E-state index contributed by atoms with van der Waals surface area (Å²) in [6, 6.07) is 7.68. The van der Waals surface area contributed by atoms with Crippen LogP contribution in [0.2, 0.25) is 0 Å². The summed E-state index contributed by atoms with van der Waals surface area (Å²) in [7, 11) is 1.74. The molecule has 1 aliphatic carbocycles. The van der Waals surface area contributed by atoms with Gasteiger partial charge in [0.25, 0.3) is 0 Å². The Morgan fingerprint density at radius 2 is 2.17 bits per heavy atom. The van der Waals surface area contributed by atoms with E-state index in [1.165, 1.54) is 6.42 Å². The molecule has 3 heteroatoms. The van der Waals surface area contributed by atoms with Crippen molar-refractivity contribution < 1.29 is 14.6 Å². The lowest BCUT2D eigenvalue weighted by molar-refractivity contribution is -0.0999. The monoisotopic (exact) mass is 250 g/mol. The molecule has 1 saturated carbocycles. The molecular formula is C15H22O3. The highest BCUT2D eigenvalue weighted by atomic mass is 16.5. The van der Waals surface area contributed by atoms with E-state index in [1.54, 1.807) is 7.11 Å². The molecule has 3 nitrogen and oxygen atoms in total. The summed E-state index contributed by atoms with van der Waals surface area (Å²) >= 11 is 0. The summed E-state index contributed by atoms with van der Waals surface area (Å²) in [5.74, 6) is 0.814. The van der Waals surface area contributed by atoms with E-state index in [9.17, 15) is 5.11 Å².